The summed E-state index contributed by atoms with van der Waals surface area (Å²) < 4.78 is 13.1. The Morgan fingerprint density at radius 3 is 2.71 bits per heavy atom. The molecule has 3 nitrogen and oxygen atoms in total. The highest BCUT2D eigenvalue weighted by Gasteiger charge is 2.29. The van der Waals surface area contributed by atoms with E-state index >= 15 is 0 Å². The SMILES string of the molecule is CCNC(c1ccc(F)cn1)C(C)CN1CC(C)CC1C. The molecule has 2 rings (SSSR count). The molecule has 1 N–H and O–H groups in total. The first kappa shape index (κ1) is 16.4. The Bertz CT molecular complexity index is 434. The van der Waals surface area contributed by atoms with Crippen molar-refractivity contribution in [2.24, 2.45) is 11.8 Å². The van der Waals surface area contributed by atoms with Crippen LogP contribution in [0, 0.1) is 17.7 Å². The molecule has 0 spiro atoms. The van der Waals surface area contributed by atoms with Gasteiger partial charge in [0.05, 0.1) is 17.9 Å². The zero-order valence-electron chi connectivity index (χ0n) is 13.6. The topological polar surface area (TPSA) is 28.2 Å². The first-order valence-electron chi connectivity index (χ1n) is 8.10. The van der Waals surface area contributed by atoms with Crippen LogP contribution >= 0.6 is 0 Å². The number of aromatic nitrogens is 1. The van der Waals surface area contributed by atoms with Crippen LogP contribution in [0.5, 0.6) is 0 Å². The van der Waals surface area contributed by atoms with E-state index in [0.29, 0.717) is 12.0 Å². The average Bonchev–Trinajstić information content (AvgIpc) is 2.75. The third kappa shape index (κ3) is 4.24. The fourth-order valence-electron chi connectivity index (χ4n) is 3.50. The molecule has 0 bridgehead atoms. The summed E-state index contributed by atoms with van der Waals surface area (Å²) in [5.41, 5.74) is 0.936. The highest BCUT2D eigenvalue weighted by Crippen LogP contribution is 2.27. The van der Waals surface area contributed by atoms with Gasteiger partial charge in [-0.05, 0) is 43.9 Å². The van der Waals surface area contributed by atoms with E-state index in [1.54, 1.807) is 6.07 Å². The number of rotatable bonds is 6. The van der Waals surface area contributed by atoms with Gasteiger partial charge in [0, 0.05) is 19.1 Å². The third-order valence-corrected chi connectivity index (χ3v) is 4.50. The molecular formula is C17H28FN3. The predicted octanol–water partition coefficient (Wildman–Crippen LogP) is 3.24. The molecule has 118 valence electrons. The Kier molecular flexibility index (Phi) is 5.71. The molecule has 0 aromatic carbocycles. The molecule has 21 heavy (non-hydrogen) atoms. The Morgan fingerprint density at radius 2 is 2.19 bits per heavy atom. The summed E-state index contributed by atoms with van der Waals surface area (Å²) in [5, 5.41) is 3.51. The second kappa shape index (κ2) is 7.32. The summed E-state index contributed by atoms with van der Waals surface area (Å²) in [6.07, 6.45) is 2.60. The monoisotopic (exact) mass is 293 g/mol. The lowest BCUT2D eigenvalue weighted by atomic mass is 9.97. The fraction of sp³-hybridized carbons (Fsp3) is 0.706. The van der Waals surface area contributed by atoms with E-state index in [2.05, 4.69) is 42.9 Å². The summed E-state index contributed by atoms with van der Waals surface area (Å²) >= 11 is 0. The molecule has 0 saturated carbocycles. The number of likely N-dealkylation sites (tertiary alicyclic amines) is 1. The van der Waals surface area contributed by atoms with Gasteiger partial charge in [-0.3, -0.25) is 4.98 Å². The van der Waals surface area contributed by atoms with Gasteiger partial charge in [0.25, 0.3) is 0 Å². The molecule has 0 radical (unpaired) electrons. The van der Waals surface area contributed by atoms with Crippen molar-refractivity contribution in [3.05, 3.63) is 29.8 Å². The summed E-state index contributed by atoms with van der Waals surface area (Å²) in [6, 6.07) is 4.14. The van der Waals surface area contributed by atoms with Crippen molar-refractivity contribution in [3.63, 3.8) is 0 Å². The van der Waals surface area contributed by atoms with Gasteiger partial charge in [-0.1, -0.05) is 20.8 Å². The van der Waals surface area contributed by atoms with Crippen LogP contribution in [0.15, 0.2) is 18.3 Å². The molecule has 1 aromatic heterocycles. The minimum Gasteiger partial charge on any atom is -0.309 e. The van der Waals surface area contributed by atoms with Crippen molar-refractivity contribution < 1.29 is 4.39 Å². The number of nitrogens with zero attached hydrogens (tertiary/aromatic N) is 2. The molecule has 0 aliphatic carbocycles. The smallest absolute Gasteiger partial charge is 0.141 e. The van der Waals surface area contributed by atoms with Crippen LogP contribution < -0.4 is 5.32 Å². The molecule has 4 atom stereocenters. The first-order chi connectivity index (χ1) is 10.0. The van der Waals surface area contributed by atoms with E-state index in [-0.39, 0.29) is 11.9 Å². The van der Waals surface area contributed by atoms with Crippen LogP contribution in [0.1, 0.15) is 45.9 Å². The Hall–Kier alpha value is -1.00. The molecule has 1 aliphatic heterocycles. The molecule has 4 unspecified atom stereocenters. The lowest BCUT2D eigenvalue weighted by Crippen LogP contribution is -2.37. The van der Waals surface area contributed by atoms with Crippen molar-refractivity contribution in [1.82, 2.24) is 15.2 Å². The molecule has 0 amide bonds. The molecule has 4 heteroatoms. The lowest BCUT2D eigenvalue weighted by molar-refractivity contribution is 0.202. The molecule has 1 aliphatic rings. The quantitative estimate of drug-likeness (QED) is 0.873. The molecule has 1 aromatic rings. The Balaban J connectivity index is 2.05. The summed E-state index contributed by atoms with van der Waals surface area (Å²) in [4.78, 5) is 6.84. The number of hydrogen-bond acceptors (Lipinski definition) is 3. The van der Waals surface area contributed by atoms with Gasteiger partial charge >= 0.3 is 0 Å². The Morgan fingerprint density at radius 1 is 1.43 bits per heavy atom. The van der Waals surface area contributed by atoms with Gasteiger partial charge in [-0.25, -0.2) is 4.39 Å². The first-order valence-corrected chi connectivity index (χ1v) is 8.10. The minimum atomic E-state index is -0.274. The predicted molar refractivity (Wildman–Crippen MR) is 84.6 cm³/mol. The van der Waals surface area contributed by atoms with Gasteiger partial charge in [0.2, 0.25) is 0 Å². The zero-order valence-corrected chi connectivity index (χ0v) is 13.6. The second-order valence-electron chi connectivity index (χ2n) is 6.56. The highest BCUT2D eigenvalue weighted by molar-refractivity contribution is 5.11. The van der Waals surface area contributed by atoms with Gasteiger partial charge < -0.3 is 10.2 Å². The maximum absolute atomic E-state index is 13.1. The number of hydrogen-bond donors (Lipinski definition) is 1. The fourth-order valence-corrected chi connectivity index (χ4v) is 3.50. The third-order valence-electron chi connectivity index (χ3n) is 4.50. The van der Waals surface area contributed by atoms with E-state index in [1.165, 1.54) is 25.2 Å². The van der Waals surface area contributed by atoms with Crippen LogP contribution in [0.4, 0.5) is 4.39 Å². The average molecular weight is 293 g/mol. The standard InChI is InChI=1S/C17H28FN3/c1-5-19-17(16-7-6-15(18)9-20-16)13(3)11-21-10-12(2)8-14(21)4/h6-7,9,12-14,17,19H,5,8,10-11H2,1-4H3. The normalized spacial score (nSPS) is 26.0. The zero-order chi connectivity index (χ0) is 15.4. The van der Waals surface area contributed by atoms with E-state index in [0.717, 1.165) is 24.7 Å². The lowest BCUT2D eigenvalue weighted by Gasteiger charge is -2.30. The van der Waals surface area contributed by atoms with Crippen molar-refractivity contribution >= 4 is 0 Å². The number of halogens is 1. The Labute approximate surface area is 127 Å². The van der Waals surface area contributed by atoms with Crippen molar-refractivity contribution in [2.75, 3.05) is 19.6 Å². The second-order valence-corrected chi connectivity index (χ2v) is 6.56. The molecule has 1 saturated heterocycles. The van der Waals surface area contributed by atoms with E-state index in [1.807, 2.05) is 0 Å². The summed E-state index contributed by atoms with van der Waals surface area (Å²) in [6.45, 7) is 12.1. The van der Waals surface area contributed by atoms with Crippen molar-refractivity contribution in [1.29, 1.82) is 0 Å². The van der Waals surface area contributed by atoms with E-state index < -0.39 is 0 Å². The van der Waals surface area contributed by atoms with Gasteiger partial charge in [-0.2, -0.15) is 0 Å². The maximum atomic E-state index is 13.1. The maximum Gasteiger partial charge on any atom is 0.141 e. The van der Waals surface area contributed by atoms with Crippen molar-refractivity contribution in [2.45, 2.75) is 46.2 Å². The van der Waals surface area contributed by atoms with E-state index in [9.17, 15) is 4.39 Å². The van der Waals surface area contributed by atoms with Gasteiger partial charge in [-0.15, -0.1) is 0 Å². The van der Waals surface area contributed by atoms with Crippen LogP contribution in [-0.4, -0.2) is 35.6 Å². The molecule has 2 heterocycles. The van der Waals surface area contributed by atoms with Crippen LogP contribution in [0.25, 0.3) is 0 Å². The summed E-state index contributed by atoms with van der Waals surface area (Å²) in [7, 11) is 0. The van der Waals surface area contributed by atoms with Gasteiger partial charge in [0.15, 0.2) is 0 Å². The van der Waals surface area contributed by atoms with Crippen LogP contribution in [-0.2, 0) is 0 Å². The number of nitrogens with one attached hydrogen (secondary N) is 1. The number of pyridine rings is 1. The summed E-state index contributed by atoms with van der Waals surface area (Å²) in [5.74, 6) is 0.952. The largest absolute Gasteiger partial charge is 0.309 e. The molecular weight excluding hydrogens is 265 g/mol. The van der Waals surface area contributed by atoms with Crippen molar-refractivity contribution in [3.8, 4) is 0 Å². The van der Waals surface area contributed by atoms with E-state index in [4.69, 9.17) is 0 Å². The van der Waals surface area contributed by atoms with Crippen LogP contribution in [0.3, 0.4) is 0 Å². The highest BCUT2D eigenvalue weighted by atomic mass is 19.1. The van der Waals surface area contributed by atoms with Gasteiger partial charge in [0.1, 0.15) is 5.82 Å². The van der Waals surface area contributed by atoms with Crippen LogP contribution in [0.2, 0.25) is 0 Å². The molecule has 1 fully saturated rings. The minimum absolute atomic E-state index is 0.179.